The van der Waals surface area contributed by atoms with Crippen LogP contribution in [0.4, 0.5) is 5.82 Å². The normalized spacial score (nSPS) is 18.6. The Balaban J connectivity index is 1.73. The zero-order valence-corrected chi connectivity index (χ0v) is 21.8. The van der Waals surface area contributed by atoms with E-state index in [9.17, 15) is 13.2 Å². The van der Waals surface area contributed by atoms with E-state index in [1.54, 1.807) is 12.1 Å². The van der Waals surface area contributed by atoms with Gasteiger partial charge in [-0.15, -0.1) is 0 Å². The predicted octanol–water partition coefficient (Wildman–Crippen LogP) is 4.35. The number of aromatic nitrogens is 2. The fraction of sp³-hybridized carbons (Fsp3) is 0.520. The van der Waals surface area contributed by atoms with Crippen molar-refractivity contribution < 1.29 is 18.4 Å². The molecule has 0 bridgehead atoms. The van der Waals surface area contributed by atoms with E-state index in [4.69, 9.17) is 22.5 Å². The summed E-state index contributed by atoms with van der Waals surface area (Å²) in [6.07, 6.45) is 12.7. The Labute approximate surface area is 216 Å². The van der Waals surface area contributed by atoms with Crippen LogP contribution in [0.3, 0.4) is 0 Å². The largest absolute Gasteiger partial charge is 0.409 e. The molecule has 194 valence electrons. The number of carbonyl (C=O) groups is 1. The van der Waals surface area contributed by atoms with Crippen LogP contribution >= 0.6 is 11.6 Å². The van der Waals surface area contributed by atoms with Crippen LogP contribution in [0.25, 0.3) is 0 Å². The molecular formula is C25H32ClN5O4S. The molecule has 0 saturated heterocycles. The summed E-state index contributed by atoms with van der Waals surface area (Å²) in [5.41, 5.74) is 6.45. The SMILES string of the molecule is CS(=O)(=O)c1ccc(C(C(=O)Nc2cnc(/C(N)=N/O)cn2)C(C2CCCC2)C2CCCC2)cc1Cl. The van der Waals surface area contributed by atoms with E-state index in [-0.39, 0.29) is 39.1 Å². The summed E-state index contributed by atoms with van der Waals surface area (Å²) in [7, 11) is -3.50. The molecule has 11 heteroatoms. The van der Waals surface area contributed by atoms with Crippen LogP contribution in [0, 0.1) is 17.8 Å². The highest BCUT2D eigenvalue weighted by Crippen LogP contribution is 2.49. The Morgan fingerprint density at radius 2 is 1.72 bits per heavy atom. The molecule has 2 aliphatic carbocycles. The summed E-state index contributed by atoms with van der Waals surface area (Å²) in [6.45, 7) is 0. The molecule has 0 aliphatic heterocycles. The minimum Gasteiger partial charge on any atom is -0.409 e. The summed E-state index contributed by atoms with van der Waals surface area (Å²) in [4.78, 5) is 22.3. The van der Waals surface area contributed by atoms with Crippen LogP contribution in [0.5, 0.6) is 0 Å². The van der Waals surface area contributed by atoms with Crippen molar-refractivity contribution in [1.82, 2.24) is 9.97 Å². The van der Waals surface area contributed by atoms with Crippen molar-refractivity contribution in [2.24, 2.45) is 28.6 Å². The van der Waals surface area contributed by atoms with Crippen LogP contribution < -0.4 is 11.1 Å². The molecule has 9 nitrogen and oxygen atoms in total. The van der Waals surface area contributed by atoms with Gasteiger partial charge in [-0.2, -0.15) is 0 Å². The average Bonchev–Trinajstić information content (AvgIpc) is 3.56. The third-order valence-corrected chi connectivity index (χ3v) is 9.12. The lowest BCUT2D eigenvalue weighted by Gasteiger charge is -2.36. The lowest BCUT2D eigenvalue weighted by Crippen LogP contribution is -2.35. The van der Waals surface area contributed by atoms with Crippen molar-refractivity contribution >= 4 is 39.0 Å². The van der Waals surface area contributed by atoms with Gasteiger partial charge in [0, 0.05) is 6.26 Å². The number of hydrogen-bond acceptors (Lipinski definition) is 7. The number of nitrogens with one attached hydrogen (secondary N) is 1. The smallest absolute Gasteiger partial charge is 0.233 e. The number of oxime groups is 1. The number of nitrogens with zero attached hydrogens (tertiary/aromatic N) is 3. The molecule has 1 amide bonds. The predicted molar refractivity (Wildman–Crippen MR) is 138 cm³/mol. The molecule has 2 aromatic rings. The molecule has 1 aromatic carbocycles. The number of benzene rings is 1. The van der Waals surface area contributed by atoms with E-state index in [0.717, 1.165) is 57.6 Å². The minimum atomic E-state index is -3.50. The standard InChI is InChI=1S/C25H32ClN5O4S/c1-36(34,35)20-11-10-17(12-18(20)26)23(22(15-6-2-3-7-15)16-8-4-5-9-16)25(32)30-21-14-28-19(13-29-21)24(27)31-33/h10-16,22-23,33H,2-9H2,1H3,(H2,27,31)(H,29,30,32). The van der Waals surface area contributed by atoms with Crippen LogP contribution in [0.1, 0.15) is 68.5 Å². The number of sulfone groups is 1. The fourth-order valence-electron chi connectivity index (χ4n) is 5.95. The summed E-state index contributed by atoms with van der Waals surface area (Å²) < 4.78 is 24.3. The Morgan fingerprint density at radius 3 is 2.19 bits per heavy atom. The second kappa shape index (κ2) is 11.1. The number of carbonyl (C=O) groups excluding carboxylic acids is 1. The summed E-state index contributed by atoms with van der Waals surface area (Å²) in [5, 5.41) is 14.8. The van der Waals surface area contributed by atoms with Gasteiger partial charge in [0.1, 0.15) is 5.69 Å². The molecule has 2 fully saturated rings. The van der Waals surface area contributed by atoms with E-state index in [1.165, 1.54) is 18.5 Å². The van der Waals surface area contributed by atoms with E-state index in [1.807, 2.05) is 0 Å². The third-order valence-electron chi connectivity index (χ3n) is 7.54. The molecule has 0 spiro atoms. The second-order valence-electron chi connectivity index (χ2n) is 9.87. The van der Waals surface area contributed by atoms with Gasteiger partial charge in [0.05, 0.1) is 28.2 Å². The monoisotopic (exact) mass is 533 g/mol. The maximum Gasteiger partial charge on any atom is 0.233 e. The number of halogens is 1. The first-order valence-electron chi connectivity index (χ1n) is 12.3. The van der Waals surface area contributed by atoms with Crippen LogP contribution in [0.15, 0.2) is 40.6 Å². The Morgan fingerprint density at radius 1 is 1.11 bits per heavy atom. The lowest BCUT2D eigenvalue weighted by atomic mass is 9.69. The van der Waals surface area contributed by atoms with Gasteiger partial charge in [-0.3, -0.25) is 4.79 Å². The van der Waals surface area contributed by atoms with Crippen molar-refractivity contribution in [1.29, 1.82) is 0 Å². The maximum absolute atomic E-state index is 13.9. The first kappa shape index (κ1) is 26.3. The highest BCUT2D eigenvalue weighted by atomic mass is 35.5. The van der Waals surface area contributed by atoms with Gasteiger partial charge in [-0.1, -0.05) is 74.2 Å². The van der Waals surface area contributed by atoms with Gasteiger partial charge in [0.15, 0.2) is 21.5 Å². The Bertz CT molecular complexity index is 1210. The first-order chi connectivity index (χ1) is 17.2. The highest BCUT2D eigenvalue weighted by molar-refractivity contribution is 7.90. The molecule has 1 unspecified atom stereocenters. The van der Waals surface area contributed by atoms with Crippen LogP contribution in [-0.4, -0.2) is 41.6 Å². The molecule has 2 saturated carbocycles. The summed E-state index contributed by atoms with van der Waals surface area (Å²) >= 11 is 6.43. The average molecular weight is 534 g/mol. The van der Waals surface area contributed by atoms with E-state index in [0.29, 0.717) is 17.4 Å². The number of anilines is 1. The Hall–Kier alpha value is -2.72. The molecule has 0 radical (unpaired) electrons. The van der Waals surface area contributed by atoms with Crippen molar-refractivity contribution in [3.05, 3.63) is 46.9 Å². The van der Waals surface area contributed by atoms with Crippen molar-refractivity contribution in [3.63, 3.8) is 0 Å². The van der Waals surface area contributed by atoms with Gasteiger partial charge >= 0.3 is 0 Å². The first-order valence-corrected chi connectivity index (χ1v) is 14.6. The van der Waals surface area contributed by atoms with Gasteiger partial charge in [0.2, 0.25) is 5.91 Å². The van der Waals surface area contributed by atoms with Crippen molar-refractivity contribution in [2.75, 3.05) is 11.6 Å². The number of amidine groups is 1. The highest BCUT2D eigenvalue weighted by Gasteiger charge is 2.42. The van der Waals surface area contributed by atoms with Gasteiger partial charge in [0.25, 0.3) is 0 Å². The number of hydrogen-bond donors (Lipinski definition) is 3. The van der Waals surface area contributed by atoms with Gasteiger partial charge in [-0.05, 0) is 35.4 Å². The van der Waals surface area contributed by atoms with Gasteiger partial charge < -0.3 is 16.3 Å². The molecular weight excluding hydrogens is 502 g/mol. The molecule has 4 rings (SSSR count). The van der Waals surface area contributed by atoms with Crippen LogP contribution in [-0.2, 0) is 14.6 Å². The van der Waals surface area contributed by atoms with Gasteiger partial charge in [-0.25, -0.2) is 18.4 Å². The third kappa shape index (κ3) is 5.81. The van der Waals surface area contributed by atoms with E-state index in [2.05, 4.69) is 20.4 Å². The number of amides is 1. The van der Waals surface area contributed by atoms with Crippen molar-refractivity contribution in [3.8, 4) is 0 Å². The fourth-order valence-corrected chi connectivity index (χ4v) is 7.29. The zero-order valence-electron chi connectivity index (χ0n) is 20.2. The molecule has 2 aliphatic rings. The zero-order chi connectivity index (χ0) is 25.9. The molecule has 1 heterocycles. The second-order valence-corrected chi connectivity index (χ2v) is 12.3. The van der Waals surface area contributed by atoms with E-state index >= 15 is 0 Å². The lowest BCUT2D eigenvalue weighted by molar-refractivity contribution is -0.120. The molecule has 36 heavy (non-hydrogen) atoms. The topological polar surface area (TPSA) is 148 Å². The molecule has 1 atom stereocenters. The molecule has 4 N–H and O–H groups in total. The van der Waals surface area contributed by atoms with Crippen molar-refractivity contribution in [2.45, 2.75) is 62.2 Å². The molecule has 1 aromatic heterocycles. The maximum atomic E-state index is 13.9. The quantitative estimate of drug-likeness (QED) is 0.198. The Kier molecular flexibility index (Phi) is 8.14. The van der Waals surface area contributed by atoms with Crippen LogP contribution in [0.2, 0.25) is 5.02 Å². The number of nitrogens with two attached hydrogens (primary N) is 1. The minimum absolute atomic E-state index is 0.0509. The van der Waals surface area contributed by atoms with E-state index < -0.39 is 15.8 Å². The summed E-state index contributed by atoms with van der Waals surface area (Å²) in [5.74, 6) is 0.244. The number of rotatable bonds is 8. The summed E-state index contributed by atoms with van der Waals surface area (Å²) in [6, 6.07) is 4.85.